The summed E-state index contributed by atoms with van der Waals surface area (Å²) in [6.45, 7) is 15.2. The SMILES string of the molecule is Cc1noc(CCC(C)(C)c2cncc(N)c2C)c1C(C)(C)C. The van der Waals surface area contributed by atoms with E-state index >= 15 is 0 Å². The fourth-order valence-corrected chi connectivity index (χ4v) is 3.33. The lowest BCUT2D eigenvalue weighted by molar-refractivity contribution is 0.355. The van der Waals surface area contributed by atoms with E-state index in [0.717, 1.165) is 35.5 Å². The topological polar surface area (TPSA) is 64.9 Å². The first kappa shape index (κ1) is 17.5. The van der Waals surface area contributed by atoms with E-state index in [-0.39, 0.29) is 10.8 Å². The van der Waals surface area contributed by atoms with Crippen LogP contribution in [0, 0.1) is 13.8 Å². The van der Waals surface area contributed by atoms with Crippen molar-refractivity contribution in [1.82, 2.24) is 10.1 Å². The van der Waals surface area contributed by atoms with Crippen LogP contribution in [0.15, 0.2) is 16.9 Å². The van der Waals surface area contributed by atoms with Crippen molar-refractivity contribution in [3.05, 3.63) is 40.5 Å². The number of hydrogen-bond acceptors (Lipinski definition) is 4. The highest BCUT2D eigenvalue weighted by atomic mass is 16.5. The molecule has 0 saturated heterocycles. The number of pyridine rings is 1. The largest absolute Gasteiger partial charge is 0.397 e. The Bertz CT molecular complexity index is 693. The molecule has 0 spiro atoms. The molecule has 2 N–H and O–H groups in total. The summed E-state index contributed by atoms with van der Waals surface area (Å²) >= 11 is 0. The van der Waals surface area contributed by atoms with Crippen molar-refractivity contribution < 1.29 is 4.52 Å². The molecule has 0 atom stereocenters. The zero-order valence-electron chi connectivity index (χ0n) is 15.4. The van der Waals surface area contributed by atoms with E-state index in [9.17, 15) is 0 Å². The second-order valence-electron chi connectivity index (χ2n) is 8.10. The lowest BCUT2D eigenvalue weighted by Gasteiger charge is -2.27. The van der Waals surface area contributed by atoms with Gasteiger partial charge in [-0.3, -0.25) is 4.98 Å². The number of nitrogens with zero attached hydrogens (tertiary/aromatic N) is 2. The van der Waals surface area contributed by atoms with E-state index in [4.69, 9.17) is 10.3 Å². The van der Waals surface area contributed by atoms with Gasteiger partial charge in [-0.05, 0) is 42.2 Å². The third-order valence-corrected chi connectivity index (χ3v) is 4.64. The van der Waals surface area contributed by atoms with Gasteiger partial charge in [-0.15, -0.1) is 0 Å². The van der Waals surface area contributed by atoms with Crippen molar-refractivity contribution in [1.29, 1.82) is 0 Å². The summed E-state index contributed by atoms with van der Waals surface area (Å²) in [6.07, 6.45) is 5.46. The molecule has 0 aromatic carbocycles. The molecule has 2 aromatic heterocycles. The minimum Gasteiger partial charge on any atom is -0.397 e. The van der Waals surface area contributed by atoms with Gasteiger partial charge in [0.2, 0.25) is 0 Å². The summed E-state index contributed by atoms with van der Waals surface area (Å²) in [4.78, 5) is 4.27. The fraction of sp³-hybridized carbons (Fsp3) is 0.579. The third kappa shape index (κ3) is 3.57. The molecule has 2 rings (SSSR count). The fourth-order valence-electron chi connectivity index (χ4n) is 3.33. The molecule has 4 heteroatoms. The summed E-state index contributed by atoms with van der Waals surface area (Å²) < 4.78 is 5.62. The molecule has 0 unspecified atom stereocenters. The maximum absolute atomic E-state index is 6.02. The van der Waals surface area contributed by atoms with E-state index in [1.165, 1.54) is 11.1 Å². The van der Waals surface area contributed by atoms with Crippen LogP contribution in [0.3, 0.4) is 0 Å². The summed E-state index contributed by atoms with van der Waals surface area (Å²) in [5.74, 6) is 0.998. The molecular weight excluding hydrogens is 286 g/mol. The Morgan fingerprint density at radius 3 is 2.35 bits per heavy atom. The number of nitrogen functional groups attached to an aromatic ring is 1. The quantitative estimate of drug-likeness (QED) is 0.903. The average Bonchev–Trinajstić information content (AvgIpc) is 2.80. The van der Waals surface area contributed by atoms with E-state index in [1.807, 2.05) is 13.1 Å². The van der Waals surface area contributed by atoms with Crippen molar-refractivity contribution in [3.63, 3.8) is 0 Å². The van der Waals surface area contributed by atoms with E-state index < -0.39 is 0 Å². The monoisotopic (exact) mass is 315 g/mol. The number of rotatable bonds is 4. The molecule has 0 amide bonds. The van der Waals surface area contributed by atoms with Crippen LogP contribution in [0.1, 0.15) is 69.2 Å². The highest BCUT2D eigenvalue weighted by molar-refractivity contribution is 5.49. The maximum Gasteiger partial charge on any atom is 0.140 e. The van der Waals surface area contributed by atoms with E-state index in [2.05, 4.69) is 51.7 Å². The number of hydrogen-bond donors (Lipinski definition) is 1. The first-order valence-electron chi connectivity index (χ1n) is 8.20. The highest BCUT2D eigenvalue weighted by Crippen LogP contribution is 2.35. The number of aromatic nitrogens is 2. The Morgan fingerprint density at radius 2 is 1.74 bits per heavy atom. The van der Waals surface area contributed by atoms with Crippen LogP contribution in [0.5, 0.6) is 0 Å². The Kier molecular flexibility index (Phi) is 4.56. The molecule has 2 heterocycles. The predicted molar refractivity (Wildman–Crippen MR) is 94.7 cm³/mol. The minimum atomic E-state index is -0.0255. The van der Waals surface area contributed by atoms with Gasteiger partial charge in [0.1, 0.15) is 5.76 Å². The Morgan fingerprint density at radius 1 is 1.09 bits per heavy atom. The molecule has 0 saturated carbocycles. The Hall–Kier alpha value is -1.84. The van der Waals surface area contributed by atoms with Crippen molar-refractivity contribution in [3.8, 4) is 0 Å². The van der Waals surface area contributed by atoms with E-state index in [1.54, 1.807) is 6.20 Å². The molecule has 0 aliphatic heterocycles. The van der Waals surface area contributed by atoms with E-state index in [0.29, 0.717) is 0 Å². The standard InChI is InChI=1S/C19H29N3O/c1-12-14(10-21-11-15(12)20)19(6,7)9-8-16-17(18(3,4)5)13(2)22-23-16/h10-11H,8-9,20H2,1-7H3. The first-order chi connectivity index (χ1) is 10.5. The normalized spacial score (nSPS) is 12.7. The van der Waals surface area contributed by atoms with Gasteiger partial charge in [0.15, 0.2) is 0 Å². The van der Waals surface area contributed by atoms with Crippen LogP contribution in [0.4, 0.5) is 5.69 Å². The number of nitrogens with two attached hydrogens (primary N) is 1. The lowest BCUT2D eigenvalue weighted by atomic mass is 9.77. The molecule has 2 aromatic rings. The maximum atomic E-state index is 6.02. The van der Waals surface area contributed by atoms with Crippen LogP contribution in [-0.4, -0.2) is 10.1 Å². The first-order valence-corrected chi connectivity index (χ1v) is 8.20. The Balaban J connectivity index is 2.25. The molecule has 0 fully saturated rings. The molecule has 23 heavy (non-hydrogen) atoms. The molecule has 0 radical (unpaired) electrons. The van der Waals surface area contributed by atoms with Gasteiger partial charge in [-0.2, -0.15) is 0 Å². The summed E-state index contributed by atoms with van der Waals surface area (Å²) in [5.41, 5.74) is 11.3. The minimum absolute atomic E-state index is 0.0255. The molecule has 0 aliphatic carbocycles. The van der Waals surface area contributed by atoms with Gasteiger partial charge < -0.3 is 10.3 Å². The molecule has 126 valence electrons. The predicted octanol–water partition coefficient (Wildman–Crippen LogP) is 4.48. The van der Waals surface area contributed by atoms with Gasteiger partial charge in [0.25, 0.3) is 0 Å². The van der Waals surface area contributed by atoms with Gasteiger partial charge in [-0.1, -0.05) is 39.8 Å². The van der Waals surface area contributed by atoms with Crippen LogP contribution >= 0.6 is 0 Å². The smallest absolute Gasteiger partial charge is 0.140 e. The Labute approximate surface area is 139 Å². The van der Waals surface area contributed by atoms with Crippen molar-refractivity contribution >= 4 is 5.69 Å². The van der Waals surface area contributed by atoms with Gasteiger partial charge in [-0.25, -0.2) is 0 Å². The van der Waals surface area contributed by atoms with Crippen LogP contribution in [-0.2, 0) is 17.3 Å². The lowest BCUT2D eigenvalue weighted by Crippen LogP contribution is -2.21. The van der Waals surface area contributed by atoms with Crippen LogP contribution < -0.4 is 5.73 Å². The summed E-state index contributed by atoms with van der Waals surface area (Å²) in [6, 6.07) is 0. The number of anilines is 1. The van der Waals surface area contributed by atoms with Crippen LogP contribution in [0.2, 0.25) is 0 Å². The van der Waals surface area contributed by atoms with Gasteiger partial charge in [0.05, 0.1) is 17.6 Å². The molecule has 0 bridgehead atoms. The van der Waals surface area contributed by atoms with Crippen molar-refractivity contribution in [2.45, 2.75) is 72.1 Å². The number of aryl methyl sites for hydroxylation is 2. The van der Waals surface area contributed by atoms with Gasteiger partial charge in [0, 0.05) is 18.2 Å². The summed E-state index contributed by atoms with van der Waals surface area (Å²) in [5, 5.41) is 4.18. The second-order valence-corrected chi connectivity index (χ2v) is 8.10. The molecule has 4 nitrogen and oxygen atoms in total. The highest BCUT2D eigenvalue weighted by Gasteiger charge is 2.28. The van der Waals surface area contributed by atoms with Crippen LogP contribution in [0.25, 0.3) is 0 Å². The average molecular weight is 315 g/mol. The molecular formula is C19H29N3O. The zero-order valence-corrected chi connectivity index (χ0v) is 15.4. The van der Waals surface area contributed by atoms with Crippen molar-refractivity contribution in [2.75, 3.05) is 5.73 Å². The zero-order chi connectivity index (χ0) is 17.4. The summed E-state index contributed by atoms with van der Waals surface area (Å²) in [7, 11) is 0. The van der Waals surface area contributed by atoms with Crippen molar-refractivity contribution in [2.24, 2.45) is 0 Å². The van der Waals surface area contributed by atoms with Gasteiger partial charge >= 0.3 is 0 Å². The second kappa shape index (κ2) is 5.99. The third-order valence-electron chi connectivity index (χ3n) is 4.64. The molecule has 0 aliphatic rings.